The van der Waals surface area contributed by atoms with Crippen LogP contribution in [0.25, 0.3) is 10.9 Å². The highest BCUT2D eigenvalue weighted by molar-refractivity contribution is 7.90. The summed E-state index contributed by atoms with van der Waals surface area (Å²) < 4.78 is 27.7. The molecule has 0 fully saturated rings. The molecular formula is C30H28ClN3O6S. The van der Waals surface area contributed by atoms with Crippen molar-refractivity contribution in [1.29, 1.82) is 0 Å². The monoisotopic (exact) mass is 593 g/mol. The summed E-state index contributed by atoms with van der Waals surface area (Å²) in [6.45, 7) is 2.06. The first kappa shape index (κ1) is 30.9. The van der Waals surface area contributed by atoms with Gasteiger partial charge in [-0.05, 0) is 60.9 Å². The number of carboxylic acid groups (broad SMARTS) is 2. The number of aryl methyl sites for hydroxylation is 1. The second-order valence-corrected chi connectivity index (χ2v) is 10.8. The molecule has 0 unspecified atom stereocenters. The molecule has 0 atom stereocenters. The van der Waals surface area contributed by atoms with Crippen molar-refractivity contribution in [2.75, 3.05) is 12.4 Å². The number of pyridine rings is 1. The van der Waals surface area contributed by atoms with Gasteiger partial charge < -0.3 is 15.5 Å². The maximum Gasteiger partial charge on any atom is 0.335 e. The predicted molar refractivity (Wildman–Crippen MR) is 160 cm³/mol. The number of anilines is 1. The molecule has 9 nitrogen and oxygen atoms in total. The summed E-state index contributed by atoms with van der Waals surface area (Å²) in [6, 6.07) is 22.7. The van der Waals surface area contributed by atoms with Crippen LogP contribution in [0.5, 0.6) is 0 Å². The van der Waals surface area contributed by atoms with Crippen LogP contribution in [0, 0.1) is 6.92 Å². The number of fused-ring (bicyclic) bond motifs is 1. The molecule has 5 rings (SSSR count). The topological polar surface area (TPSA) is 139 Å². The molecule has 41 heavy (non-hydrogen) atoms. The van der Waals surface area contributed by atoms with E-state index >= 15 is 0 Å². The number of carbonyl (C=O) groups is 2. The van der Waals surface area contributed by atoms with Crippen molar-refractivity contribution in [2.24, 2.45) is 0 Å². The van der Waals surface area contributed by atoms with Gasteiger partial charge in [-0.3, -0.25) is 4.98 Å². The zero-order chi connectivity index (χ0) is 28.9. The third-order valence-corrected chi connectivity index (χ3v) is 7.84. The average molecular weight is 594 g/mol. The Labute approximate surface area is 243 Å². The molecule has 0 aliphatic carbocycles. The highest BCUT2D eigenvalue weighted by atomic mass is 35.5. The Bertz CT molecular complexity index is 1760. The fraction of sp³-hybridized carbons (Fsp3) is 0.100. The van der Waals surface area contributed by atoms with Gasteiger partial charge in [-0.1, -0.05) is 48.0 Å². The van der Waals surface area contributed by atoms with Crippen molar-refractivity contribution in [3.63, 3.8) is 0 Å². The number of carboxylic acids is 2. The molecule has 0 spiro atoms. The minimum Gasteiger partial charge on any atom is -0.478 e. The molecule has 3 aromatic carbocycles. The minimum absolute atomic E-state index is 0. The zero-order valence-corrected chi connectivity index (χ0v) is 23.8. The number of nitrogens with zero attached hydrogens (tertiary/aromatic N) is 2. The van der Waals surface area contributed by atoms with Gasteiger partial charge in [0.2, 0.25) is 0 Å². The molecular weight excluding hydrogens is 566 g/mol. The van der Waals surface area contributed by atoms with E-state index in [1.54, 1.807) is 31.6 Å². The molecule has 2 aromatic heterocycles. The normalized spacial score (nSPS) is 10.7. The fourth-order valence-electron chi connectivity index (χ4n) is 4.09. The molecule has 212 valence electrons. The number of nitrogens with one attached hydrogen (secondary N) is 1. The first-order chi connectivity index (χ1) is 19.1. The van der Waals surface area contributed by atoms with E-state index in [4.69, 9.17) is 10.2 Å². The van der Waals surface area contributed by atoms with Crippen LogP contribution in [-0.2, 0) is 16.4 Å². The maximum absolute atomic E-state index is 13.2. The highest BCUT2D eigenvalue weighted by Crippen LogP contribution is 2.30. The summed E-state index contributed by atoms with van der Waals surface area (Å²) >= 11 is 0. The quantitative estimate of drug-likeness (QED) is 0.218. The largest absolute Gasteiger partial charge is 0.478 e. The van der Waals surface area contributed by atoms with Gasteiger partial charge in [-0.15, -0.1) is 12.4 Å². The molecule has 0 bridgehead atoms. The lowest BCUT2D eigenvalue weighted by atomic mass is 10.0. The lowest BCUT2D eigenvalue weighted by Crippen LogP contribution is -2.12. The van der Waals surface area contributed by atoms with Crippen molar-refractivity contribution in [3.8, 4) is 0 Å². The van der Waals surface area contributed by atoms with Crippen LogP contribution in [0.2, 0.25) is 0 Å². The summed E-state index contributed by atoms with van der Waals surface area (Å²) in [5.74, 6) is -2.25. The van der Waals surface area contributed by atoms with Crippen molar-refractivity contribution in [2.45, 2.75) is 18.2 Å². The summed E-state index contributed by atoms with van der Waals surface area (Å²) in [4.78, 5) is 24.9. The molecule has 0 aliphatic heterocycles. The van der Waals surface area contributed by atoms with E-state index in [2.05, 4.69) is 41.5 Å². The van der Waals surface area contributed by atoms with E-state index in [0.717, 1.165) is 29.1 Å². The predicted octanol–water partition coefficient (Wildman–Crippen LogP) is 5.72. The van der Waals surface area contributed by atoms with Crippen molar-refractivity contribution >= 4 is 51.0 Å². The average Bonchev–Trinajstić information content (AvgIpc) is 3.34. The zero-order valence-electron chi connectivity index (χ0n) is 22.2. The molecule has 0 amide bonds. The Kier molecular flexibility index (Phi) is 9.88. The summed E-state index contributed by atoms with van der Waals surface area (Å²) in [5, 5.41) is 20.9. The van der Waals surface area contributed by atoms with E-state index in [1.165, 1.54) is 39.5 Å². The Morgan fingerprint density at radius 1 is 0.878 bits per heavy atom. The highest BCUT2D eigenvalue weighted by Gasteiger charge is 2.21. The number of aromatic carboxylic acids is 2. The number of halogens is 1. The summed E-state index contributed by atoms with van der Waals surface area (Å²) in [6.07, 6.45) is 5.30. The van der Waals surface area contributed by atoms with E-state index in [0.29, 0.717) is 5.52 Å². The van der Waals surface area contributed by atoms with Crippen LogP contribution in [0.1, 0.15) is 37.4 Å². The second kappa shape index (κ2) is 13.1. The smallest absolute Gasteiger partial charge is 0.335 e. The van der Waals surface area contributed by atoms with Gasteiger partial charge >= 0.3 is 11.9 Å². The first-order valence-electron chi connectivity index (χ1n) is 12.2. The Hall–Kier alpha value is -4.67. The van der Waals surface area contributed by atoms with E-state index in [1.807, 2.05) is 18.2 Å². The lowest BCUT2D eigenvalue weighted by molar-refractivity contribution is 0.0696. The first-order valence-corrected chi connectivity index (χ1v) is 13.6. The summed E-state index contributed by atoms with van der Waals surface area (Å²) in [5.41, 5.74) is 4.84. The van der Waals surface area contributed by atoms with E-state index < -0.39 is 22.0 Å². The molecule has 2 heterocycles. The Morgan fingerprint density at radius 2 is 1.51 bits per heavy atom. The van der Waals surface area contributed by atoms with Crippen LogP contribution >= 0.6 is 12.4 Å². The number of benzene rings is 3. The number of rotatable bonds is 7. The van der Waals surface area contributed by atoms with Gasteiger partial charge in [-0.2, -0.15) is 0 Å². The molecule has 0 aliphatic rings. The Morgan fingerprint density at radius 3 is 2.07 bits per heavy atom. The van der Waals surface area contributed by atoms with Gasteiger partial charge in [-0.25, -0.2) is 22.0 Å². The van der Waals surface area contributed by atoms with Gasteiger partial charge in [0, 0.05) is 31.0 Å². The van der Waals surface area contributed by atoms with Gasteiger partial charge in [0.15, 0.2) is 0 Å². The van der Waals surface area contributed by atoms with E-state index in [9.17, 15) is 18.0 Å². The number of hydrogen-bond acceptors (Lipinski definition) is 6. The molecule has 11 heteroatoms. The molecule has 0 radical (unpaired) electrons. The van der Waals surface area contributed by atoms with Crippen LogP contribution in [0.15, 0.2) is 102 Å². The van der Waals surface area contributed by atoms with Crippen LogP contribution in [0.4, 0.5) is 5.69 Å². The van der Waals surface area contributed by atoms with Crippen LogP contribution < -0.4 is 5.32 Å². The minimum atomic E-state index is -3.74. The van der Waals surface area contributed by atoms with Crippen molar-refractivity contribution in [3.05, 3.63) is 125 Å². The molecule has 3 N–H and O–H groups in total. The van der Waals surface area contributed by atoms with Crippen LogP contribution in [-0.4, -0.2) is 46.6 Å². The molecule has 5 aromatic rings. The van der Waals surface area contributed by atoms with Crippen LogP contribution in [0.3, 0.4) is 0 Å². The molecule has 0 saturated heterocycles. The fourth-order valence-corrected chi connectivity index (χ4v) is 5.42. The lowest BCUT2D eigenvalue weighted by Gasteiger charge is -2.08. The standard InChI is InChI=1S/C22H21N3O2S.C8H6O4.ClH/c1-16-5-7-17(8-6-16)12-18-9-10-20-21(23-2)15-25(22(20)13-18)28(26,27)19-4-3-11-24-14-19;9-7(10)5-2-1-3-6(4-5)8(11)12;/h3-11,13-15,23H,12H2,1-2H3;1-4H,(H,9,10)(H,11,12);1H. The SMILES string of the molecule is CNc1cn(S(=O)(=O)c2cccnc2)c2cc(Cc3ccc(C)cc3)ccc12.Cl.O=C(O)c1cccc(C(=O)O)c1. The molecule has 0 saturated carbocycles. The van der Waals surface area contributed by atoms with Crippen molar-refractivity contribution in [1.82, 2.24) is 8.96 Å². The third-order valence-electron chi connectivity index (χ3n) is 6.18. The number of hydrogen-bond donors (Lipinski definition) is 3. The van der Waals surface area contributed by atoms with Crippen molar-refractivity contribution < 1.29 is 28.2 Å². The Balaban J connectivity index is 0.000000301. The third kappa shape index (κ3) is 7.10. The maximum atomic E-state index is 13.2. The number of aromatic nitrogens is 2. The van der Waals surface area contributed by atoms with Gasteiger partial charge in [0.05, 0.1) is 22.3 Å². The van der Waals surface area contributed by atoms with E-state index in [-0.39, 0.29) is 28.4 Å². The second-order valence-electron chi connectivity index (χ2n) is 8.99. The van der Waals surface area contributed by atoms with Gasteiger partial charge in [0.25, 0.3) is 10.0 Å². The summed E-state index contributed by atoms with van der Waals surface area (Å²) in [7, 11) is -1.95. The van der Waals surface area contributed by atoms with Gasteiger partial charge in [0.1, 0.15) is 4.90 Å².